The van der Waals surface area contributed by atoms with Gasteiger partial charge in [-0.05, 0) is 67.6 Å². The summed E-state index contributed by atoms with van der Waals surface area (Å²) in [7, 11) is 0. The number of fused-ring (bicyclic) bond motifs is 1. The van der Waals surface area contributed by atoms with Crippen molar-refractivity contribution in [1.29, 1.82) is 0 Å². The van der Waals surface area contributed by atoms with E-state index in [9.17, 15) is 9.18 Å². The molecule has 1 atom stereocenters. The van der Waals surface area contributed by atoms with Gasteiger partial charge >= 0.3 is 0 Å². The van der Waals surface area contributed by atoms with Crippen LogP contribution in [-0.4, -0.2) is 15.6 Å². The van der Waals surface area contributed by atoms with Crippen LogP contribution in [0, 0.1) is 25.6 Å². The SMILES string of the molecule is Cc1cccc(Nc2nn(-c3ccc(F)cc3)c3c2C(=O)C[C@@H](C)C3)c1C. The number of hydrogen-bond acceptors (Lipinski definition) is 3. The summed E-state index contributed by atoms with van der Waals surface area (Å²) in [6.07, 6.45) is 1.28. The minimum absolute atomic E-state index is 0.102. The highest BCUT2D eigenvalue weighted by Gasteiger charge is 2.31. The van der Waals surface area contributed by atoms with Crippen LogP contribution in [-0.2, 0) is 6.42 Å². The number of ketones is 1. The zero-order chi connectivity index (χ0) is 19.1. The Morgan fingerprint density at radius 2 is 1.85 bits per heavy atom. The molecule has 4 rings (SSSR count). The predicted octanol–water partition coefficient (Wildman–Crippen LogP) is 5.14. The van der Waals surface area contributed by atoms with E-state index in [-0.39, 0.29) is 17.5 Å². The molecule has 0 bridgehead atoms. The molecule has 27 heavy (non-hydrogen) atoms. The van der Waals surface area contributed by atoms with Crippen molar-refractivity contribution in [2.45, 2.75) is 33.6 Å². The van der Waals surface area contributed by atoms with E-state index >= 15 is 0 Å². The Morgan fingerprint density at radius 3 is 2.59 bits per heavy atom. The number of Topliss-reactive ketones (excluding diaryl/α,β-unsaturated/α-hetero) is 1. The molecule has 0 fully saturated rings. The third kappa shape index (κ3) is 3.14. The smallest absolute Gasteiger partial charge is 0.168 e. The molecular formula is C22H22FN3O. The molecule has 4 nitrogen and oxygen atoms in total. The molecule has 138 valence electrons. The lowest BCUT2D eigenvalue weighted by molar-refractivity contribution is 0.0953. The second-order valence-electron chi connectivity index (χ2n) is 7.37. The highest BCUT2D eigenvalue weighted by Crippen LogP contribution is 2.34. The zero-order valence-electron chi connectivity index (χ0n) is 15.7. The van der Waals surface area contributed by atoms with E-state index in [2.05, 4.69) is 25.2 Å². The first-order valence-electron chi connectivity index (χ1n) is 9.18. The second kappa shape index (κ2) is 6.65. The molecule has 1 heterocycles. The molecule has 0 unspecified atom stereocenters. The number of aryl methyl sites for hydroxylation is 1. The van der Waals surface area contributed by atoms with E-state index in [0.717, 1.165) is 29.1 Å². The van der Waals surface area contributed by atoms with Crippen LogP contribution in [0.4, 0.5) is 15.9 Å². The number of hydrogen-bond donors (Lipinski definition) is 1. The summed E-state index contributed by atoms with van der Waals surface area (Å²) in [6.45, 7) is 6.17. The highest BCUT2D eigenvalue weighted by molar-refractivity contribution is 6.03. The molecule has 1 N–H and O–H groups in total. The van der Waals surface area contributed by atoms with Gasteiger partial charge in [0.15, 0.2) is 11.6 Å². The molecule has 1 aromatic heterocycles. The van der Waals surface area contributed by atoms with Gasteiger partial charge in [-0.15, -0.1) is 5.10 Å². The van der Waals surface area contributed by atoms with Crippen LogP contribution in [0.1, 0.15) is 40.5 Å². The van der Waals surface area contributed by atoms with Gasteiger partial charge in [-0.25, -0.2) is 9.07 Å². The van der Waals surface area contributed by atoms with Crippen molar-refractivity contribution in [2.24, 2.45) is 5.92 Å². The third-order valence-corrected chi connectivity index (χ3v) is 5.26. The van der Waals surface area contributed by atoms with Crippen molar-refractivity contribution in [2.75, 3.05) is 5.32 Å². The zero-order valence-corrected chi connectivity index (χ0v) is 15.7. The molecule has 1 aliphatic carbocycles. The summed E-state index contributed by atoms with van der Waals surface area (Å²) in [5.41, 5.74) is 5.53. The first-order valence-corrected chi connectivity index (χ1v) is 9.18. The number of rotatable bonds is 3. The largest absolute Gasteiger partial charge is 0.338 e. The molecule has 0 aliphatic heterocycles. The molecule has 1 aliphatic rings. The van der Waals surface area contributed by atoms with Crippen molar-refractivity contribution in [3.8, 4) is 5.69 Å². The number of aromatic nitrogens is 2. The van der Waals surface area contributed by atoms with Crippen molar-refractivity contribution in [3.63, 3.8) is 0 Å². The number of benzene rings is 2. The van der Waals surface area contributed by atoms with Gasteiger partial charge in [0, 0.05) is 12.1 Å². The van der Waals surface area contributed by atoms with Crippen LogP contribution < -0.4 is 5.32 Å². The van der Waals surface area contributed by atoms with E-state index in [4.69, 9.17) is 5.10 Å². The van der Waals surface area contributed by atoms with E-state index < -0.39 is 0 Å². The fourth-order valence-electron chi connectivity index (χ4n) is 3.65. The van der Waals surface area contributed by atoms with Gasteiger partial charge in [-0.2, -0.15) is 0 Å². The van der Waals surface area contributed by atoms with Gasteiger partial charge in [0.25, 0.3) is 0 Å². The van der Waals surface area contributed by atoms with Gasteiger partial charge in [-0.1, -0.05) is 19.1 Å². The standard InChI is InChI=1S/C22H22FN3O/c1-13-11-19-21(20(27)12-13)22(24-18-6-4-5-14(2)15(18)3)25-26(19)17-9-7-16(23)8-10-17/h4-10,13H,11-12H2,1-3H3,(H,24,25)/t13-/m0/s1. The highest BCUT2D eigenvalue weighted by atomic mass is 19.1. The number of halogens is 1. The quantitative estimate of drug-likeness (QED) is 0.701. The molecule has 3 aromatic rings. The third-order valence-electron chi connectivity index (χ3n) is 5.26. The maximum absolute atomic E-state index is 13.3. The van der Waals surface area contributed by atoms with Gasteiger partial charge in [0.05, 0.1) is 16.9 Å². The molecule has 0 amide bonds. The maximum atomic E-state index is 13.3. The fraction of sp³-hybridized carbons (Fsp3) is 0.273. The lowest BCUT2D eigenvalue weighted by Gasteiger charge is -2.19. The fourth-order valence-corrected chi connectivity index (χ4v) is 3.65. The lowest BCUT2D eigenvalue weighted by Crippen LogP contribution is -2.19. The summed E-state index contributed by atoms with van der Waals surface area (Å²) in [5.74, 6) is 0.636. The summed E-state index contributed by atoms with van der Waals surface area (Å²) in [6, 6.07) is 12.2. The van der Waals surface area contributed by atoms with Crippen LogP contribution in [0.3, 0.4) is 0 Å². The van der Waals surface area contributed by atoms with E-state index in [1.807, 2.05) is 19.1 Å². The summed E-state index contributed by atoms with van der Waals surface area (Å²) < 4.78 is 15.1. The average Bonchev–Trinajstić information content (AvgIpc) is 2.98. The van der Waals surface area contributed by atoms with Gasteiger partial charge < -0.3 is 5.32 Å². The number of carbonyl (C=O) groups is 1. The topological polar surface area (TPSA) is 46.9 Å². The number of carbonyl (C=O) groups excluding carboxylic acids is 1. The van der Waals surface area contributed by atoms with Gasteiger partial charge in [-0.3, -0.25) is 4.79 Å². The first-order chi connectivity index (χ1) is 12.9. The van der Waals surface area contributed by atoms with E-state index in [1.54, 1.807) is 16.8 Å². The normalized spacial score (nSPS) is 16.3. The Hall–Kier alpha value is -2.95. The molecule has 0 spiro atoms. The molecule has 0 radical (unpaired) electrons. The van der Waals surface area contributed by atoms with Gasteiger partial charge in [0.1, 0.15) is 5.82 Å². The van der Waals surface area contributed by atoms with Crippen LogP contribution >= 0.6 is 0 Å². The molecule has 0 saturated heterocycles. The Labute approximate surface area is 158 Å². The van der Waals surface area contributed by atoms with Crippen LogP contribution in [0.2, 0.25) is 0 Å². The van der Waals surface area contributed by atoms with E-state index in [1.165, 1.54) is 17.7 Å². The van der Waals surface area contributed by atoms with Crippen molar-refractivity contribution >= 4 is 17.3 Å². The first kappa shape index (κ1) is 17.5. The van der Waals surface area contributed by atoms with Gasteiger partial charge in [0.2, 0.25) is 0 Å². The summed E-state index contributed by atoms with van der Waals surface area (Å²) in [5, 5.41) is 8.07. The monoisotopic (exact) mass is 363 g/mol. The Kier molecular flexibility index (Phi) is 4.30. The van der Waals surface area contributed by atoms with Crippen molar-refractivity contribution in [3.05, 3.63) is 70.7 Å². The molecule has 0 saturated carbocycles. The predicted molar refractivity (Wildman–Crippen MR) is 105 cm³/mol. The number of anilines is 2. The Balaban J connectivity index is 1.85. The Bertz CT molecular complexity index is 1020. The van der Waals surface area contributed by atoms with E-state index in [0.29, 0.717) is 17.8 Å². The summed E-state index contributed by atoms with van der Waals surface area (Å²) >= 11 is 0. The van der Waals surface area contributed by atoms with Crippen LogP contribution in [0.5, 0.6) is 0 Å². The van der Waals surface area contributed by atoms with Crippen LogP contribution in [0.15, 0.2) is 42.5 Å². The average molecular weight is 363 g/mol. The summed E-state index contributed by atoms with van der Waals surface area (Å²) in [4.78, 5) is 12.8. The second-order valence-corrected chi connectivity index (χ2v) is 7.37. The molecule has 2 aromatic carbocycles. The minimum atomic E-state index is -0.294. The minimum Gasteiger partial charge on any atom is -0.338 e. The Morgan fingerprint density at radius 1 is 1.11 bits per heavy atom. The molecular weight excluding hydrogens is 341 g/mol. The maximum Gasteiger partial charge on any atom is 0.168 e. The van der Waals surface area contributed by atoms with Crippen molar-refractivity contribution in [1.82, 2.24) is 9.78 Å². The number of nitrogens with zero attached hydrogens (tertiary/aromatic N) is 2. The number of nitrogens with one attached hydrogen (secondary N) is 1. The lowest BCUT2D eigenvalue weighted by atomic mass is 9.87. The molecule has 5 heteroatoms. The van der Waals surface area contributed by atoms with Crippen LogP contribution in [0.25, 0.3) is 5.69 Å². The van der Waals surface area contributed by atoms with Crippen molar-refractivity contribution < 1.29 is 9.18 Å².